The summed E-state index contributed by atoms with van der Waals surface area (Å²) in [4.78, 5) is 9.68. The molecule has 0 radical (unpaired) electrons. The van der Waals surface area contributed by atoms with Crippen LogP contribution in [0.15, 0.2) is 370 Å². The molecule has 6 aromatic heterocycles. The maximum absolute atomic E-state index is 10.2. The number of hydrogen-bond acceptors (Lipinski definition) is 6. The fourth-order valence-corrected chi connectivity index (χ4v) is 17.6. The van der Waals surface area contributed by atoms with Crippen molar-refractivity contribution in [3.63, 3.8) is 0 Å². The van der Waals surface area contributed by atoms with Crippen LogP contribution in [0.5, 0.6) is 23.0 Å². The number of aromatic nitrogens is 8. The van der Waals surface area contributed by atoms with Gasteiger partial charge in [0.05, 0.1) is 84.1 Å². The predicted molar refractivity (Wildman–Crippen MR) is 534 cm³/mol. The van der Waals surface area contributed by atoms with Crippen molar-refractivity contribution >= 4 is 65.7 Å². The molecule has 0 spiro atoms. The number of aryl methyl sites for hydroxylation is 2. The third-order valence-corrected chi connectivity index (χ3v) is 23.8. The van der Waals surface area contributed by atoms with E-state index in [0.717, 1.165) is 94.2 Å². The van der Waals surface area contributed by atoms with E-state index in [-0.39, 0.29) is 115 Å². The normalized spacial score (nSPS) is 13.5. The van der Waals surface area contributed by atoms with Crippen molar-refractivity contribution < 1.29 is 88.2 Å². The van der Waals surface area contributed by atoms with E-state index in [4.69, 9.17) is 46.9 Å². The standard InChI is InChI=1S/C61H45N5O.C60H43N5O.2Pt/c1-40-31-42(38-62)32-41(2)59(40)45-33-47(36-49(34-45)67-48-27-28-53-52-21-12-13-24-54(52)66(57(53)37-48)58-35-46(29-30-63-58)61(3,4)5)64-39-65(56-26-15-14-25-55(56)64)60-50(43-17-8-6-9-18-43)22-16-23-51(60)44-19-10-7-11-20-44;1-40-43(38-61)21-15-23-49(40)44-33-46(36-48(34-44)66-47-29-30-53-52-22-11-12-26-54(52)65(57(53)37-47)58-35-45(31-32-62-58)60(2,3)4)63-39-64(56-28-14-13-27-55(56)63)59-50(41-17-7-5-8-18-41)24-16-25-51(59)42-19-9-6-10-20-42;;/h6-35H,1-5H3;5-35H,1-4H3;;/q2*-2;;/i6D,7D,8D,9D,10D,11D,17D,18D,19D,20D;5D,6D,7D,8D,9D,10D,17D,18D,19D,20D;;. The molecule has 0 aliphatic carbocycles. The van der Waals surface area contributed by atoms with Crippen LogP contribution in [0.4, 0.5) is 0 Å². The van der Waals surface area contributed by atoms with Crippen molar-refractivity contribution in [3.8, 4) is 136 Å². The van der Waals surface area contributed by atoms with Gasteiger partial charge in [0.2, 0.25) is 0 Å². The molecule has 0 unspecified atom stereocenters. The van der Waals surface area contributed by atoms with Gasteiger partial charge in [-0.05, 0) is 192 Å². The van der Waals surface area contributed by atoms with Crippen LogP contribution in [0.2, 0.25) is 0 Å². The van der Waals surface area contributed by atoms with E-state index in [0.29, 0.717) is 72.9 Å². The van der Waals surface area contributed by atoms with E-state index >= 15 is 0 Å². The monoisotopic (exact) mass is 2120 g/mol. The largest absolute Gasteiger partial charge is 0.510 e. The molecule has 135 heavy (non-hydrogen) atoms. The third-order valence-electron chi connectivity index (χ3n) is 23.8. The van der Waals surface area contributed by atoms with Gasteiger partial charge in [-0.1, -0.05) is 307 Å². The fraction of sp³-hybridized carbons (Fsp3) is 0.0909. The average Bonchev–Trinajstić information content (AvgIpc) is 1.62. The Morgan fingerprint density at radius 3 is 1.14 bits per heavy atom. The fourth-order valence-electron chi connectivity index (χ4n) is 17.6. The number of nitrogens with zero attached hydrogens (tertiary/aromatic N) is 10. The summed E-state index contributed by atoms with van der Waals surface area (Å²) in [5.74, 6) is 2.78. The minimum atomic E-state index is -0.593. The van der Waals surface area contributed by atoms with Crippen molar-refractivity contribution in [2.24, 2.45) is 0 Å². The zero-order valence-electron chi connectivity index (χ0n) is 94.1. The topological polar surface area (TPSA) is 119 Å². The summed E-state index contributed by atoms with van der Waals surface area (Å²) < 4.78 is 200. The van der Waals surface area contributed by atoms with Gasteiger partial charge in [-0.2, -0.15) is 34.8 Å². The average molecular weight is 2120 g/mol. The molecule has 0 fully saturated rings. The van der Waals surface area contributed by atoms with Crippen molar-refractivity contribution in [1.29, 1.82) is 10.5 Å². The SMILES string of the molecule is [2H]c1c([2H])c([2H])c(-c2cccc(-c3c([2H])c([2H])c([2H])c([2H])c3[2H])c2-[n+]2[c-]n(-c3[c-]c(Oc4[c-]c5c(cc4)c4ccccc4n5-c4cc(C(C)(C)C)ccn4)cc(-c4c(C)cc(C#N)cc4C)c3)c3ccccc32)c([2H])c1[2H].[2H]c1c([2H])c([2H])c(-c2cccc(-c3c([2H])c([2H])c([2H])c([2H])c3[2H])c2-[n+]2[c-]n(-c3[c-]c(Oc4[c-]c5c(cc4)c4ccccc4n5-c4cc(C(C)(C)C)ccn4)cc(-c4cccc(C#N)c4C)c3)c3ccccc32)c([2H])c1[2H].[Pt].[Pt]. The Morgan fingerprint density at radius 2 is 0.733 bits per heavy atom. The van der Waals surface area contributed by atoms with E-state index in [1.165, 1.54) is 0 Å². The van der Waals surface area contributed by atoms with Gasteiger partial charge in [-0.3, -0.25) is 9.13 Å². The molecule has 16 aromatic carbocycles. The Hall–Kier alpha value is -15.7. The molecule has 6 heterocycles. The summed E-state index contributed by atoms with van der Waals surface area (Å²) in [7, 11) is 0. The van der Waals surface area contributed by atoms with Crippen LogP contribution < -0.4 is 18.6 Å². The first-order chi connectivity index (χ1) is 73.1. The zero-order valence-corrected chi connectivity index (χ0v) is 78.6. The molecule has 22 aromatic rings. The predicted octanol–water partition coefficient (Wildman–Crippen LogP) is 28.4. The van der Waals surface area contributed by atoms with Crippen LogP contribution in [-0.2, 0) is 53.0 Å². The van der Waals surface area contributed by atoms with Gasteiger partial charge in [0.25, 0.3) is 12.7 Å². The smallest absolute Gasteiger partial charge is 0.268 e. The Morgan fingerprint density at radius 1 is 0.356 bits per heavy atom. The molecule has 0 N–H and O–H groups in total. The van der Waals surface area contributed by atoms with Crippen LogP contribution in [-0.4, -0.2) is 28.2 Å². The molecule has 0 aliphatic rings. The number of pyridine rings is 2. The molecule has 0 atom stereocenters. The molecule has 0 saturated heterocycles. The summed E-state index contributed by atoms with van der Waals surface area (Å²) in [6.45, 7) is 18.7. The summed E-state index contributed by atoms with van der Waals surface area (Å²) in [5, 5.41) is 24.0. The molecule has 0 amide bonds. The number of nitriles is 2. The van der Waals surface area contributed by atoms with Crippen molar-refractivity contribution in [2.45, 2.75) is 73.1 Å². The van der Waals surface area contributed by atoms with Gasteiger partial charge >= 0.3 is 0 Å². The third kappa shape index (κ3) is 16.8. The summed E-state index contributed by atoms with van der Waals surface area (Å²) in [5.41, 5.74) is 14.6. The molecule has 12 nitrogen and oxygen atoms in total. The minimum Gasteiger partial charge on any atom is -0.510 e. The quantitative estimate of drug-likeness (QED) is 0.0702. The molecular formula is C121H88N10O2Pt2-4. The van der Waals surface area contributed by atoms with Crippen LogP contribution in [0, 0.1) is 80.4 Å². The number of fused-ring (bicyclic) bond motifs is 8. The number of benzene rings is 16. The summed E-state index contributed by atoms with van der Waals surface area (Å²) >= 11 is 0. The van der Waals surface area contributed by atoms with Crippen LogP contribution in [0.25, 0.3) is 167 Å². The zero-order chi connectivity index (χ0) is 108. The second-order valence-corrected chi connectivity index (χ2v) is 34.2. The number of ether oxygens (including phenoxy) is 2. The molecule has 658 valence electrons. The number of hydrogen-bond donors (Lipinski definition) is 0. The number of imidazole rings is 2. The second-order valence-electron chi connectivity index (χ2n) is 34.2. The van der Waals surface area contributed by atoms with E-state index in [1.807, 2.05) is 167 Å². The van der Waals surface area contributed by atoms with Gasteiger partial charge in [0.1, 0.15) is 11.6 Å². The van der Waals surface area contributed by atoms with Crippen LogP contribution >= 0.6 is 0 Å². The molecule has 0 bridgehead atoms. The maximum atomic E-state index is 10.2. The van der Waals surface area contributed by atoms with Gasteiger partial charge < -0.3 is 27.7 Å². The van der Waals surface area contributed by atoms with Gasteiger partial charge in [-0.25, -0.2) is 9.97 Å². The minimum absolute atomic E-state index is 0. The second kappa shape index (κ2) is 36.8. The Labute approximate surface area is 842 Å². The Balaban J connectivity index is 0.000000191. The van der Waals surface area contributed by atoms with Gasteiger partial charge in [0, 0.05) is 88.6 Å². The molecule has 0 aliphatic heterocycles. The first kappa shape index (κ1) is 67.5. The number of para-hydroxylation sites is 8. The van der Waals surface area contributed by atoms with E-state index in [1.54, 1.807) is 85.0 Å². The maximum Gasteiger partial charge on any atom is 0.268 e. The van der Waals surface area contributed by atoms with E-state index < -0.39 is 121 Å². The molecule has 22 rings (SSSR count). The van der Waals surface area contributed by atoms with E-state index in [2.05, 4.69) is 136 Å². The molecule has 14 heteroatoms. The van der Waals surface area contributed by atoms with Crippen molar-refractivity contribution in [3.05, 3.63) is 446 Å². The first-order valence-electron chi connectivity index (χ1n) is 53.0. The molecule has 0 saturated carbocycles. The molecular weight excluding hydrogens is 2020 g/mol. The Bertz CT molecular complexity index is 9460. The summed E-state index contributed by atoms with van der Waals surface area (Å²) in [6.07, 6.45) is 10.6. The van der Waals surface area contributed by atoms with Crippen LogP contribution in [0.1, 0.15) is 108 Å². The van der Waals surface area contributed by atoms with Crippen molar-refractivity contribution in [1.82, 2.24) is 28.2 Å². The van der Waals surface area contributed by atoms with Crippen LogP contribution in [0.3, 0.4) is 0 Å². The van der Waals surface area contributed by atoms with Gasteiger partial charge in [-0.15, -0.1) is 70.4 Å². The Kier molecular flexibility index (Phi) is 18.4. The summed E-state index contributed by atoms with van der Waals surface area (Å²) in [6, 6.07) is 80.4. The van der Waals surface area contributed by atoms with Gasteiger partial charge in [0.15, 0.2) is 0 Å². The van der Waals surface area contributed by atoms with E-state index in [9.17, 15) is 10.5 Å². The number of rotatable bonds is 16. The first-order valence-corrected chi connectivity index (χ1v) is 43.0. The van der Waals surface area contributed by atoms with Crippen molar-refractivity contribution in [2.75, 3.05) is 0 Å².